The SMILES string of the molecule is CCN(CC)c1ccc(CN2CCc3c(nc(N4CCCC(C)C4)[nH]c3=O)C2)cc1. The quantitative estimate of drug-likeness (QED) is 0.792. The number of anilines is 2. The van der Waals surface area contributed by atoms with Crippen molar-refractivity contribution in [2.24, 2.45) is 5.92 Å². The lowest BCUT2D eigenvalue weighted by Crippen LogP contribution is -2.39. The predicted molar refractivity (Wildman–Crippen MR) is 123 cm³/mol. The van der Waals surface area contributed by atoms with Gasteiger partial charge in [-0.15, -0.1) is 0 Å². The number of fused-ring (bicyclic) bond motifs is 1. The van der Waals surface area contributed by atoms with Gasteiger partial charge in [-0.1, -0.05) is 19.1 Å². The van der Waals surface area contributed by atoms with Crippen LogP contribution in [0.1, 0.15) is 50.4 Å². The molecule has 0 saturated carbocycles. The predicted octanol–water partition coefficient (Wildman–Crippen LogP) is 3.41. The summed E-state index contributed by atoms with van der Waals surface area (Å²) in [6, 6.07) is 8.90. The highest BCUT2D eigenvalue weighted by Crippen LogP contribution is 2.23. The van der Waals surface area contributed by atoms with Crippen LogP contribution in [0.25, 0.3) is 0 Å². The van der Waals surface area contributed by atoms with Crippen LogP contribution < -0.4 is 15.4 Å². The van der Waals surface area contributed by atoms with Crippen LogP contribution in [0.2, 0.25) is 0 Å². The van der Waals surface area contributed by atoms with Crippen molar-refractivity contribution >= 4 is 11.6 Å². The molecule has 1 unspecified atom stereocenters. The number of benzene rings is 1. The molecule has 2 aliphatic rings. The summed E-state index contributed by atoms with van der Waals surface area (Å²) < 4.78 is 0. The van der Waals surface area contributed by atoms with Crippen molar-refractivity contribution in [3.63, 3.8) is 0 Å². The standard InChI is InChI=1S/C24H35N5O/c1-4-28(5-2)20-10-8-19(9-11-20)16-27-14-12-21-22(17-27)25-24(26-23(21)30)29-13-6-7-18(3)15-29/h8-11,18H,4-7,12-17H2,1-3H3,(H,25,26,30). The monoisotopic (exact) mass is 409 g/mol. The smallest absolute Gasteiger partial charge is 0.255 e. The molecule has 1 aromatic heterocycles. The third-order valence-electron chi connectivity index (χ3n) is 6.57. The first-order chi connectivity index (χ1) is 14.6. The highest BCUT2D eigenvalue weighted by molar-refractivity contribution is 5.47. The van der Waals surface area contributed by atoms with Gasteiger partial charge in [-0.25, -0.2) is 4.98 Å². The summed E-state index contributed by atoms with van der Waals surface area (Å²) in [6.45, 7) is 13.2. The van der Waals surface area contributed by atoms with Crippen LogP contribution >= 0.6 is 0 Å². The maximum Gasteiger partial charge on any atom is 0.255 e. The number of hydrogen-bond donors (Lipinski definition) is 1. The van der Waals surface area contributed by atoms with Gasteiger partial charge in [-0.05, 0) is 56.7 Å². The van der Waals surface area contributed by atoms with E-state index >= 15 is 0 Å². The van der Waals surface area contributed by atoms with E-state index in [4.69, 9.17) is 4.98 Å². The van der Waals surface area contributed by atoms with E-state index in [-0.39, 0.29) is 5.56 Å². The Kier molecular flexibility index (Phi) is 6.42. The minimum absolute atomic E-state index is 0.0523. The van der Waals surface area contributed by atoms with Gasteiger partial charge in [0.2, 0.25) is 5.95 Å². The number of piperidine rings is 1. The number of hydrogen-bond acceptors (Lipinski definition) is 5. The minimum atomic E-state index is 0.0523. The van der Waals surface area contributed by atoms with Crippen molar-refractivity contribution in [1.29, 1.82) is 0 Å². The Morgan fingerprint density at radius 3 is 2.63 bits per heavy atom. The lowest BCUT2D eigenvalue weighted by molar-refractivity contribution is 0.240. The zero-order valence-corrected chi connectivity index (χ0v) is 18.7. The first-order valence-corrected chi connectivity index (χ1v) is 11.5. The highest BCUT2D eigenvalue weighted by Gasteiger charge is 2.24. The zero-order chi connectivity index (χ0) is 21.1. The fourth-order valence-corrected chi connectivity index (χ4v) is 4.81. The highest BCUT2D eigenvalue weighted by atomic mass is 16.1. The topological polar surface area (TPSA) is 55.5 Å². The fraction of sp³-hybridized carbons (Fsp3) is 0.583. The molecule has 0 aliphatic carbocycles. The Labute approximate surface area is 179 Å². The molecule has 2 aromatic rings. The number of aromatic nitrogens is 2. The lowest BCUT2D eigenvalue weighted by atomic mass is 10.0. The number of nitrogens with one attached hydrogen (secondary N) is 1. The number of rotatable bonds is 6. The van der Waals surface area contributed by atoms with Crippen LogP contribution in [0.5, 0.6) is 0 Å². The molecule has 30 heavy (non-hydrogen) atoms. The van der Waals surface area contributed by atoms with E-state index < -0.39 is 0 Å². The number of H-pyrrole nitrogens is 1. The minimum Gasteiger partial charge on any atom is -0.372 e. The molecular formula is C24H35N5O. The van der Waals surface area contributed by atoms with Crippen LogP contribution in [0, 0.1) is 5.92 Å². The van der Waals surface area contributed by atoms with Crippen molar-refractivity contribution in [2.75, 3.05) is 42.5 Å². The molecule has 0 spiro atoms. The van der Waals surface area contributed by atoms with Crippen LogP contribution in [-0.4, -0.2) is 47.6 Å². The van der Waals surface area contributed by atoms with E-state index in [1.807, 2.05) is 0 Å². The third-order valence-corrected chi connectivity index (χ3v) is 6.57. The number of nitrogens with zero attached hydrogens (tertiary/aromatic N) is 4. The van der Waals surface area contributed by atoms with Crippen molar-refractivity contribution in [2.45, 2.75) is 53.1 Å². The van der Waals surface area contributed by atoms with Gasteiger partial charge in [0.25, 0.3) is 5.56 Å². The fourth-order valence-electron chi connectivity index (χ4n) is 4.81. The second-order valence-electron chi connectivity index (χ2n) is 8.81. The normalized spacial score (nSPS) is 19.6. The lowest BCUT2D eigenvalue weighted by Gasteiger charge is -2.33. The number of aromatic amines is 1. The van der Waals surface area contributed by atoms with Crippen molar-refractivity contribution < 1.29 is 0 Å². The van der Waals surface area contributed by atoms with Crippen LogP contribution in [-0.2, 0) is 19.5 Å². The van der Waals surface area contributed by atoms with Gasteiger partial charge in [0.1, 0.15) is 0 Å². The van der Waals surface area contributed by atoms with E-state index in [1.165, 1.54) is 17.7 Å². The summed E-state index contributed by atoms with van der Waals surface area (Å²) in [5.41, 5.74) is 4.47. The maximum atomic E-state index is 12.7. The molecule has 0 radical (unpaired) electrons. The average Bonchev–Trinajstić information content (AvgIpc) is 2.75. The molecule has 2 aliphatic heterocycles. The van der Waals surface area contributed by atoms with E-state index in [0.717, 1.165) is 75.9 Å². The molecule has 4 rings (SSSR count). The maximum absolute atomic E-state index is 12.7. The second kappa shape index (κ2) is 9.21. The van der Waals surface area contributed by atoms with E-state index in [1.54, 1.807) is 0 Å². The summed E-state index contributed by atoms with van der Waals surface area (Å²) in [4.78, 5) is 27.7. The van der Waals surface area contributed by atoms with Crippen molar-refractivity contribution in [3.05, 3.63) is 51.4 Å². The molecule has 1 N–H and O–H groups in total. The third kappa shape index (κ3) is 4.53. The van der Waals surface area contributed by atoms with E-state index in [2.05, 4.69) is 64.7 Å². The van der Waals surface area contributed by atoms with Gasteiger partial charge in [0, 0.05) is 57.1 Å². The summed E-state index contributed by atoms with van der Waals surface area (Å²) in [5.74, 6) is 1.41. The van der Waals surface area contributed by atoms with Crippen molar-refractivity contribution in [1.82, 2.24) is 14.9 Å². The molecule has 0 bridgehead atoms. The second-order valence-corrected chi connectivity index (χ2v) is 8.81. The van der Waals surface area contributed by atoms with E-state index in [0.29, 0.717) is 5.92 Å². The largest absolute Gasteiger partial charge is 0.372 e. The molecule has 6 heteroatoms. The van der Waals surface area contributed by atoms with Crippen LogP contribution in [0.3, 0.4) is 0 Å². The molecule has 1 fully saturated rings. The molecular weight excluding hydrogens is 374 g/mol. The molecule has 1 saturated heterocycles. The Bertz CT molecular complexity index is 903. The van der Waals surface area contributed by atoms with E-state index in [9.17, 15) is 4.79 Å². The van der Waals surface area contributed by atoms with Gasteiger partial charge in [0.15, 0.2) is 0 Å². The molecule has 6 nitrogen and oxygen atoms in total. The Balaban J connectivity index is 1.47. The first-order valence-electron chi connectivity index (χ1n) is 11.5. The molecule has 162 valence electrons. The first kappa shape index (κ1) is 20.9. The summed E-state index contributed by atoms with van der Waals surface area (Å²) in [5, 5.41) is 0. The summed E-state index contributed by atoms with van der Waals surface area (Å²) in [7, 11) is 0. The zero-order valence-electron chi connectivity index (χ0n) is 18.7. The van der Waals surface area contributed by atoms with Crippen molar-refractivity contribution in [3.8, 4) is 0 Å². The van der Waals surface area contributed by atoms with Gasteiger partial charge < -0.3 is 9.80 Å². The average molecular weight is 410 g/mol. The Hall–Kier alpha value is -2.34. The molecule has 1 atom stereocenters. The summed E-state index contributed by atoms with van der Waals surface area (Å²) >= 11 is 0. The molecule has 0 amide bonds. The Morgan fingerprint density at radius 1 is 1.17 bits per heavy atom. The van der Waals surface area contributed by atoms with Gasteiger partial charge in [0.05, 0.1) is 5.69 Å². The van der Waals surface area contributed by atoms with Crippen LogP contribution in [0.15, 0.2) is 29.1 Å². The van der Waals surface area contributed by atoms with Gasteiger partial charge in [-0.2, -0.15) is 0 Å². The Morgan fingerprint density at radius 2 is 1.93 bits per heavy atom. The molecule has 1 aromatic carbocycles. The van der Waals surface area contributed by atoms with Crippen LogP contribution in [0.4, 0.5) is 11.6 Å². The summed E-state index contributed by atoms with van der Waals surface area (Å²) in [6.07, 6.45) is 3.19. The van der Waals surface area contributed by atoms with Gasteiger partial charge >= 0.3 is 0 Å². The molecule has 3 heterocycles. The van der Waals surface area contributed by atoms with Gasteiger partial charge in [-0.3, -0.25) is 14.7 Å².